The molecule has 2 atom stereocenters. The van der Waals surface area contributed by atoms with Crippen molar-refractivity contribution in [3.05, 3.63) is 76.1 Å². The summed E-state index contributed by atoms with van der Waals surface area (Å²) in [6, 6.07) is 7.41. The lowest BCUT2D eigenvalue weighted by atomic mass is 9.93. The Bertz CT molecular complexity index is 1870. The van der Waals surface area contributed by atoms with Gasteiger partial charge in [-0.15, -0.1) is 0 Å². The zero-order chi connectivity index (χ0) is 35.6. The maximum atomic E-state index is 13.9. The van der Waals surface area contributed by atoms with E-state index in [4.69, 9.17) is 16.3 Å². The monoisotopic (exact) mass is 715 g/mol. The topological polar surface area (TPSA) is 181 Å². The molecule has 18 heteroatoms. The van der Waals surface area contributed by atoms with E-state index in [2.05, 4.69) is 35.8 Å². The number of benzene rings is 1. The van der Waals surface area contributed by atoms with Gasteiger partial charge in [0, 0.05) is 62.3 Å². The lowest BCUT2D eigenvalue weighted by molar-refractivity contribution is -0.142. The number of hydrogen-bond acceptors (Lipinski definition) is 9. The highest BCUT2D eigenvalue weighted by Gasteiger charge is 2.38. The molecule has 2 saturated heterocycles. The highest BCUT2D eigenvalue weighted by atomic mass is 35.5. The normalized spacial score (nSPS) is 18.2. The zero-order valence-corrected chi connectivity index (χ0v) is 27.4. The summed E-state index contributed by atoms with van der Waals surface area (Å²) in [6.07, 6.45) is -2.60. The van der Waals surface area contributed by atoms with Crippen LogP contribution in [0.3, 0.4) is 0 Å². The number of carbonyl (C=O) groups is 3. The Kier molecular flexibility index (Phi) is 10.1. The number of piperidine rings is 1. The van der Waals surface area contributed by atoms with Gasteiger partial charge >= 0.3 is 6.18 Å². The van der Waals surface area contributed by atoms with Gasteiger partial charge < -0.3 is 35.3 Å². The van der Waals surface area contributed by atoms with Crippen molar-refractivity contribution in [2.24, 2.45) is 5.92 Å². The number of hydrogen-bond donors (Lipinski definition) is 5. The number of aromatic amines is 2. The fourth-order valence-electron chi connectivity index (χ4n) is 6.00. The van der Waals surface area contributed by atoms with Crippen LogP contribution in [0.2, 0.25) is 5.02 Å². The number of nitrogens with zero attached hydrogens (tertiary/aromatic N) is 5. The molecule has 0 spiro atoms. The lowest BCUT2D eigenvalue weighted by Crippen LogP contribution is -2.55. The van der Waals surface area contributed by atoms with E-state index < -0.39 is 29.8 Å². The van der Waals surface area contributed by atoms with Crippen molar-refractivity contribution < 1.29 is 37.4 Å². The van der Waals surface area contributed by atoms with Crippen molar-refractivity contribution in [3.8, 4) is 17.1 Å². The van der Waals surface area contributed by atoms with Gasteiger partial charge in [-0.1, -0.05) is 11.6 Å². The van der Waals surface area contributed by atoms with Crippen LogP contribution in [-0.4, -0.2) is 110 Å². The average molecular weight is 716 g/mol. The van der Waals surface area contributed by atoms with Crippen LogP contribution >= 0.6 is 11.6 Å². The van der Waals surface area contributed by atoms with Crippen LogP contribution < -0.4 is 15.4 Å². The van der Waals surface area contributed by atoms with Crippen LogP contribution in [0.15, 0.2) is 42.7 Å². The molecule has 2 aliphatic rings. The summed E-state index contributed by atoms with van der Waals surface area (Å²) in [5.41, 5.74) is -0.390. The Hall–Kier alpha value is -5.00. The zero-order valence-electron chi connectivity index (χ0n) is 26.7. The minimum absolute atomic E-state index is 0.0164. The number of nitrogens with one attached hydrogen (secondary N) is 4. The minimum Gasteiger partial charge on any atom is -0.495 e. The number of halogens is 4. The third kappa shape index (κ3) is 7.44. The van der Waals surface area contributed by atoms with Crippen molar-refractivity contribution in [1.29, 1.82) is 0 Å². The molecule has 0 saturated carbocycles. The van der Waals surface area contributed by atoms with Gasteiger partial charge in [-0.2, -0.15) is 18.3 Å². The summed E-state index contributed by atoms with van der Waals surface area (Å²) in [4.78, 5) is 53.4. The van der Waals surface area contributed by atoms with Crippen molar-refractivity contribution in [1.82, 2.24) is 40.3 Å². The minimum atomic E-state index is -4.73. The summed E-state index contributed by atoms with van der Waals surface area (Å²) >= 11 is 6.45. The molecule has 50 heavy (non-hydrogen) atoms. The van der Waals surface area contributed by atoms with Gasteiger partial charge in [0.2, 0.25) is 5.91 Å². The van der Waals surface area contributed by atoms with Gasteiger partial charge in [0.05, 0.1) is 41.6 Å². The van der Waals surface area contributed by atoms with Crippen LogP contribution in [-0.2, 0) is 17.4 Å². The molecule has 0 aliphatic carbocycles. The van der Waals surface area contributed by atoms with E-state index in [-0.39, 0.29) is 63.0 Å². The Morgan fingerprint density at radius 3 is 2.50 bits per heavy atom. The number of methoxy groups -OCH3 is 1. The molecule has 6 rings (SSSR count). The lowest BCUT2D eigenvalue weighted by Gasteiger charge is -2.38. The molecule has 264 valence electrons. The number of ether oxygens (including phenoxy) is 1. The maximum absolute atomic E-state index is 13.9. The van der Waals surface area contributed by atoms with E-state index in [9.17, 15) is 32.7 Å². The molecular formula is C32H33ClF3N9O5. The number of aliphatic hydroxyl groups excluding tert-OH is 1. The number of H-pyrrole nitrogens is 2. The molecule has 4 aromatic rings. The summed E-state index contributed by atoms with van der Waals surface area (Å²) in [7, 11) is 1.44. The fourth-order valence-corrected chi connectivity index (χ4v) is 6.26. The molecule has 3 amide bonds. The van der Waals surface area contributed by atoms with Crippen molar-refractivity contribution in [3.63, 3.8) is 0 Å². The Balaban J connectivity index is 1.08. The van der Waals surface area contributed by atoms with Gasteiger partial charge in [-0.3, -0.25) is 24.5 Å². The molecule has 14 nitrogen and oxygen atoms in total. The van der Waals surface area contributed by atoms with Gasteiger partial charge in [0.15, 0.2) is 5.82 Å². The van der Waals surface area contributed by atoms with Crippen LogP contribution in [0, 0.1) is 5.92 Å². The van der Waals surface area contributed by atoms with Gasteiger partial charge in [-0.05, 0) is 43.3 Å². The Labute approximate surface area is 288 Å². The number of rotatable bonds is 8. The van der Waals surface area contributed by atoms with Gasteiger partial charge in [0.1, 0.15) is 17.1 Å². The first kappa shape index (κ1) is 34.8. The molecule has 5 heterocycles. The molecule has 0 unspecified atom stereocenters. The van der Waals surface area contributed by atoms with Crippen LogP contribution in [0.4, 0.5) is 18.9 Å². The van der Waals surface area contributed by atoms with Crippen LogP contribution in [0.25, 0.3) is 11.4 Å². The number of carbonyl (C=O) groups excluding carboxylic acids is 3. The average Bonchev–Trinajstić information content (AvgIpc) is 3.76. The Morgan fingerprint density at radius 1 is 1.08 bits per heavy atom. The number of β-amino-alcohol motifs (C(OH)–C–C–N with tert-alkyl or cyclic N) is 1. The van der Waals surface area contributed by atoms with E-state index in [0.717, 1.165) is 0 Å². The molecular weight excluding hydrogens is 683 g/mol. The van der Waals surface area contributed by atoms with Crippen molar-refractivity contribution in [2.45, 2.75) is 25.1 Å². The summed E-state index contributed by atoms with van der Waals surface area (Å²) in [6.45, 7) is 2.28. The molecule has 2 aliphatic heterocycles. The first-order chi connectivity index (χ1) is 23.9. The standard InChI is InChI=1S/C32H33ClF3N9O5/c1-50-19-3-5-24(38-15-19)26-22(27(43-42-26)32(34,35)36)12-18-14-39-28(40-18)29(47)41-17-2-4-20(23(33)13-17)30(48)44-8-10-45(11-9-44)31(49)21-6-7-37-16-25(21)46/h2-5,13-15,21,25,37,46H,6-12,16H2,1H3,(H,39,40)(H,41,47)(H,42,43)/t21-,25-/m1/s1. The first-order valence-electron chi connectivity index (χ1n) is 15.7. The summed E-state index contributed by atoms with van der Waals surface area (Å²) in [5, 5.41) is 21.9. The second kappa shape index (κ2) is 14.5. The van der Waals surface area contributed by atoms with E-state index in [0.29, 0.717) is 51.4 Å². The molecule has 0 bridgehead atoms. The quantitative estimate of drug-likeness (QED) is 0.183. The van der Waals surface area contributed by atoms with Gasteiger partial charge in [0.25, 0.3) is 11.8 Å². The van der Waals surface area contributed by atoms with E-state index in [1.165, 1.54) is 43.8 Å². The molecule has 5 N–H and O–H groups in total. The number of aliphatic hydroxyl groups is 1. The summed E-state index contributed by atoms with van der Waals surface area (Å²) < 4.78 is 46.6. The highest BCUT2D eigenvalue weighted by molar-refractivity contribution is 6.34. The van der Waals surface area contributed by atoms with Crippen molar-refractivity contribution >= 4 is 35.0 Å². The fraction of sp³-hybridized carbons (Fsp3) is 0.375. The first-order valence-corrected chi connectivity index (χ1v) is 16.1. The van der Waals surface area contributed by atoms with E-state index in [1.807, 2.05) is 0 Å². The molecule has 3 aromatic heterocycles. The second-order valence-electron chi connectivity index (χ2n) is 11.9. The van der Waals surface area contributed by atoms with Crippen molar-refractivity contribution in [2.75, 3.05) is 51.7 Å². The highest BCUT2D eigenvalue weighted by Crippen LogP contribution is 2.36. The predicted octanol–water partition coefficient (Wildman–Crippen LogP) is 2.97. The smallest absolute Gasteiger partial charge is 0.433 e. The number of alkyl halides is 3. The number of pyridine rings is 1. The number of amides is 3. The second-order valence-corrected chi connectivity index (χ2v) is 12.3. The van der Waals surface area contributed by atoms with E-state index in [1.54, 1.807) is 15.9 Å². The summed E-state index contributed by atoms with van der Waals surface area (Å²) in [5.74, 6) is -1.34. The Morgan fingerprint density at radius 2 is 1.84 bits per heavy atom. The molecule has 0 radical (unpaired) electrons. The molecule has 1 aromatic carbocycles. The third-order valence-corrected chi connectivity index (χ3v) is 8.99. The maximum Gasteiger partial charge on any atom is 0.433 e. The third-order valence-electron chi connectivity index (χ3n) is 8.68. The predicted molar refractivity (Wildman–Crippen MR) is 174 cm³/mol. The SMILES string of the molecule is COc1ccc(-c2n[nH]c(C(F)(F)F)c2Cc2cnc(C(=O)Nc3ccc(C(=O)N4CCN(C(=O)[C@@H]5CCNC[C@H]5O)CC4)c(Cl)c3)[nH]2)nc1. The number of aromatic nitrogens is 5. The molecule has 2 fully saturated rings. The largest absolute Gasteiger partial charge is 0.495 e. The van der Waals surface area contributed by atoms with Crippen LogP contribution in [0.1, 0.15) is 44.3 Å². The number of imidazole rings is 1. The number of piperazine rings is 1. The van der Waals surface area contributed by atoms with E-state index >= 15 is 0 Å². The van der Waals surface area contributed by atoms with Gasteiger partial charge in [-0.25, -0.2) is 4.98 Å². The number of anilines is 1. The van der Waals surface area contributed by atoms with Crippen LogP contribution in [0.5, 0.6) is 5.75 Å².